The van der Waals surface area contributed by atoms with Crippen LogP contribution in [0.3, 0.4) is 0 Å². The van der Waals surface area contributed by atoms with Crippen molar-refractivity contribution >= 4 is 28.3 Å². The lowest BCUT2D eigenvalue weighted by molar-refractivity contribution is 0.254. The molecule has 0 unspecified atom stereocenters. The second-order valence-electron chi connectivity index (χ2n) is 6.49. The monoisotopic (exact) mass is 328 g/mol. The summed E-state index contributed by atoms with van der Waals surface area (Å²) in [6, 6.07) is 5.91. The highest BCUT2D eigenvalue weighted by Crippen LogP contribution is 2.31. The van der Waals surface area contributed by atoms with Crippen LogP contribution < -0.4 is 0 Å². The fourth-order valence-corrected chi connectivity index (χ4v) is 3.65. The van der Waals surface area contributed by atoms with E-state index in [4.69, 9.17) is 21.6 Å². The zero-order chi connectivity index (χ0) is 16.0. The van der Waals surface area contributed by atoms with Gasteiger partial charge in [-0.3, -0.25) is 4.40 Å². The van der Waals surface area contributed by atoms with Crippen LogP contribution in [0.15, 0.2) is 24.4 Å². The van der Waals surface area contributed by atoms with Gasteiger partial charge in [-0.15, -0.1) is 0 Å². The number of aromatic nitrogens is 3. The summed E-state index contributed by atoms with van der Waals surface area (Å²) in [5, 5.41) is 0.736. The van der Waals surface area contributed by atoms with Gasteiger partial charge in [0.2, 0.25) is 0 Å². The molecule has 0 spiro atoms. The number of aryl methyl sites for hydroxylation is 1. The van der Waals surface area contributed by atoms with E-state index in [9.17, 15) is 0 Å². The molecule has 2 aromatic heterocycles. The molecular formula is C18H21ClN4. The Hall–Kier alpha value is -1.65. The minimum absolute atomic E-state index is 0.487. The number of piperidine rings is 1. The van der Waals surface area contributed by atoms with Crippen molar-refractivity contribution in [2.45, 2.75) is 32.1 Å². The molecule has 1 aliphatic heterocycles. The first-order chi connectivity index (χ1) is 11.2. The molecule has 120 valence electrons. The van der Waals surface area contributed by atoms with Gasteiger partial charge in [0.05, 0.1) is 22.4 Å². The smallest absolute Gasteiger partial charge is 0.159 e. The summed E-state index contributed by atoms with van der Waals surface area (Å²) >= 11 is 6.20. The van der Waals surface area contributed by atoms with Crippen molar-refractivity contribution in [3.63, 3.8) is 0 Å². The van der Waals surface area contributed by atoms with Gasteiger partial charge in [0.1, 0.15) is 0 Å². The van der Waals surface area contributed by atoms with Gasteiger partial charge in [-0.05, 0) is 57.6 Å². The lowest BCUT2D eigenvalue weighted by Gasteiger charge is -2.28. The molecule has 1 fully saturated rings. The van der Waals surface area contributed by atoms with E-state index in [1.54, 1.807) is 0 Å². The largest absolute Gasteiger partial charge is 0.306 e. The number of hydrogen-bond donors (Lipinski definition) is 0. The molecule has 3 heterocycles. The summed E-state index contributed by atoms with van der Waals surface area (Å²) < 4.78 is 2.18. The van der Waals surface area contributed by atoms with Crippen LogP contribution in [0.5, 0.6) is 0 Å². The molecular weight excluding hydrogens is 308 g/mol. The van der Waals surface area contributed by atoms with Crippen LogP contribution in [0, 0.1) is 0 Å². The van der Waals surface area contributed by atoms with Crippen molar-refractivity contribution in [1.29, 1.82) is 0 Å². The average Bonchev–Trinajstić information content (AvgIpc) is 3.00. The number of imidazole rings is 1. The number of rotatable bonds is 2. The molecule has 4 rings (SSSR count). The molecule has 23 heavy (non-hydrogen) atoms. The van der Waals surface area contributed by atoms with Crippen molar-refractivity contribution in [3.8, 4) is 0 Å². The summed E-state index contributed by atoms with van der Waals surface area (Å²) in [4.78, 5) is 12.2. The summed E-state index contributed by atoms with van der Waals surface area (Å²) in [5.41, 5.74) is 5.29. The van der Waals surface area contributed by atoms with Gasteiger partial charge in [0.15, 0.2) is 5.65 Å². The highest BCUT2D eigenvalue weighted by atomic mass is 35.5. The Morgan fingerprint density at radius 3 is 2.74 bits per heavy atom. The summed E-state index contributed by atoms with van der Waals surface area (Å²) in [6.07, 6.45) is 5.35. The zero-order valence-corrected chi connectivity index (χ0v) is 14.3. The minimum Gasteiger partial charge on any atom is -0.306 e. The fraction of sp³-hybridized carbons (Fsp3) is 0.444. The number of halogens is 1. The first-order valence-electron chi connectivity index (χ1n) is 8.31. The van der Waals surface area contributed by atoms with Gasteiger partial charge in [-0.2, -0.15) is 0 Å². The predicted molar refractivity (Wildman–Crippen MR) is 94.4 cm³/mol. The van der Waals surface area contributed by atoms with Gasteiger partial charge in [0, 0.05) is 17.1 Å². The highest BCUT2D eigenvalue weighted by molar-refractivity contribution is 6.31. The number of likely N-dealkylation sites (tertiary alicyclic amines) is 1. The quantitative estimate of drug-likeness (QED) is 0.715. The average molecular weight is 329 g/mol. The molecule has 1 saturated heterocycles. The minimum atomic E-state index is 0.487. The highest BCUT2D eigenvalue weighted by Gasteiger charge is 2.24. The Bertz CT molecular complexity index is 862. The molecule has 0 amide bonds. The molecule has 0 atom stereocenters. The van der Waals surface area contributed by atoms with Gasteiger partial charge in [0.25, 0.3) is 0 Å². The standard InChI is InChI=1S/C18H21ClN4/c1-3-14-11-23-16-10-13(19)4-5-15(16)21-17(18(23)20-14)12-6-8-22(2)9-7-12/h4-5,10-12H,3,6-9H2,1-2H3. The van der Waals surface area contributed by atoms with Crippen molar-refractivity contribution in [3.05, 3.63) is 40.8 Å². The Morgan fingerprint density at radius 1 is 1.22 bits per heavy atom. The molecule has 4 nitrogen and oxygen atoms in total. The van der Waals surface area contributed by atoms with E-state index in [-0.39, 0.29) is 0 Å². The van der Waals surface area contributed by atoms with Crippen LogP contribution in [-0.2, 0) is 6.42 Å². The van der Waals surface area contributed by atoms with E-state index >= 15 is 0 Å². The second kappa shape index (κ2) is 5.77. The molecule has 1 aromatic carbocycles. The zero-order valence-electron chi connectivity index (χ0n) is 13.6. The van der Waals surface area contributed by atoms with Gasteiger partial charge >= 0.3 is 0 Å². The Kier molecular flexibility index (Phi) is 3.74. The Labute approximate surface area is 141 Å². The number of benzene rings is 1. The number of fused-ring (bicyclic) bond motifs is 3. The van der Waals surface area contributed by atoms with Crippen molar-refractivity contribution in [2.75, 3.05) is 20.1 Å². The molecule has 0 radical (unpaired) electrons. The van der Waals surface area contributed by atoms with E-state index in [0.29, 0.717) is 5.92 Å². The van der Waals surface area contributed by atoms with Gasteiger partial charge in [-0.1, -0.05) is 18.5 Å². The third kappa shape index (κ3) is 2.60. The number of hydrogen-bond acceptors (Lipinski definition) is 3. The second-order valence-corrected chi connectivity index (χ2v) is 6.92. The van der Waals surface area contributed by atoms with E-state index in [1.165, 1.54) is 0 Å². The third-order valence-corrected chi connectivity index (χ3v) is 5.13. The van der Waals surface area contributed by atoms with Crippen LogP contribution in [0.2, 0.25) is 5.02 Å². The number of nitrogens with zero attached hydrogens (tertiary/aromatic N) is 4. The van der Waals surface area contributed by atoms with E-state index in [0.717, 1.165) is 65.4 Å². The summed E-state index contributed by atoms with van der Waals surface area (Å²) in [6.45, 7) is 4.39. The first kappa shape index (κ1) is 14.9. The molecule has 0 saturated carbocycles. The molecule has 1 aliphatic rings. The van der Waals surface area contributed by atoms with E-state index < -0.39 is 0 Å². The lowest BCUT2D eigenvalue weighted by Crippen LogP contribution is -2.29. The maximum Gasteiger partial charge on any atom is 0.159 e. The third-order valence-electron chi connectivity index (χ3n) is 4.89. The SMILES string of the molecule is CCc1cn2c(n1)c(C1CCN(C)CC1)nc1ccc(Cl)cc12. The van der Waals surface area contributed by atoms with Crippen LogP contribution in [0.1, 0.15) is 37.1 Å². The fourth-order valence-electron chi connectivity index (χ4n) is 3.48. The molecule has 3 aromatic rings. The Balaban J connectivity index is 1.94. The van der Waals surface area contributed by atoms with Crippen molar-refractivity contribution < 1.29 is 0 Å². The molecule has 0 bridgehead atoms. The van der Waals surface area contributed by atoms with Gasteiger partial charge in [-0.25, -0.2) is 9.97 Å². The normalized spacial score (nSPS) is 17.3. The van der Waals surface area contributed by atoms with E-state index in [2.05, 4.69) is 29.5 Å². The maximum absolute atomic E-state index is 6.20. The van der Waals surface area contributed by atoms with Crippen molar-refractivity contribution in [1.82, 2.24) is 19.3 Å². The van der Waals surface area contributed by atoms with E-state index in [1.807, 2.05) is 18.2 Å². The lowest BCUT2D eigenvalue weighted by atomic mass is 9.93. The first-order valence-corrected chi connectivity index (χ1v) is 8.69. The maximum atomic E-state index is 6.20. The van der Waals surface area contributed by atoms with Crippen molar-refractivity contribution in [2.24, 2.45) is 0 Å². The van der Waals surface area contributed by atoms with Crippen LogP contribution in [0.25, 0.3) is 16.7 Å². The predicted octanol–water partition coefficient (Wildman–Crippen LogP) is 3.91. The summed E-state index contributed by atoms with van der Waals surface area (Å²) in [7, 11) is 2.19. The molecule has 0 N–H and O–H groups in total. The Morgan fingerprint density at radius 2 is 2.00 bits per heavy atom. The van der Waals surface area contributed by atoms with Crippen LogP contribution in [0.4, 0.5) is 0 Å². The topological polar surface area (TPSA) is 33.4 Å². The van der Waals surface area contributed by atoms with Gasteiger partial charge < -0.3 is 4.90 Å². The molecule has 0 aliphatic carbocycles. The van der Waals surface area contributed by atoms with Crippen LogP contribution in [-0.4, -0.2) is 39.4 Å². The van der Waals surface area contributed by atoms with Crippen LogP contribution >= 0.6 is 11.6 Å². The summed E-state index contributed by atoms with van der Waals surface area (Å²) in [5.74, 6) is 0.487. The molecule has 5 heteroatoms.